The number of nitrogens with one attached hydrogen (secondary N) is 1. The lowest BCUT2D eigenvalue weighted by Crippen LogP contribution is -1.89. The Morgan fingerprint density at radius 3 is 2.94 bits per heavy atom. The van der Waals surface area contributed by atoms with E-state index in [9.17, 15) is 0 Å². The van der Waals surface area contributed by atoms with Crippen LogP contribution in [0.4, 0.5) is 0 Å². The highest BCUT2D eigenvalue weighted by Gasteiger charge is 2.08. The molecule has 0 bridgehead atoms. The summed E-state index contributed by atoms with van der Waals surface area (Å²) in [5, 5.41) is 3.77. The molecular weight excluding hydrogens is 202 g/mol. The molecule has 2 aromatic rings. The number of imidazole rings is 1. The number of hydrogen-bond donors (Lipinski definition) is 1. The van der Waals surface area contributed by atoms with Crippen molar-refractivity contribution < 1.29 is 4.84 Å². The van der Waals surface area contributed by atoms with Crippen molar-refractivity contribution in [3.8, 4) is 0 Å². The number of oxime groups is 1. The topological polar surface area (TPSA) is 50.3 Å². The van der Waals surface area contributed by atoms with Crippen molar-refractivity contribution in [2.75, 3.05) is 7.11 Å². The highest BCUT2D eigenvalue weighted by atomic mass is 16.6. The molecular formula is C12H15N3O. The van der Waals surface area contributed by atoms with Gasteiger partial charge in [-0.05, 0) is 6.07 Å². The smallest absolute Gasteiger partial charge is 0.109 e. The van der Waals surface area contributed by atoms with Crippen LogP contribution in [0.5, 0.6) is 0 Å². The minimum absolute atomic E-state index is 0.389. The quantitative estimate of drug-likeness (QED) is 0.634. The number of rotatable bonds is 3. The highest BCUT2D eigenvalue weighted by molar-refractivity contribution is 5.96. The normalized spacial score (nSPS) is 11.8. The molecule has 0 spiro atoms. The molecule has 0 saturated carbocycles. The molecule has 0 saturated heterocycles. The van der Waals surface area contributed by atoms with Gasteiger partial charge in [-0.2, -0.15) is 0 Å². The molecule has 4 heteroatoms. The molecule has 0 radical (unpaired) electrons. The average molecular weight is 217 g/mol. The molecule has 1 aromatic carbocycles. The molecule has 1 N–H and O–H groups in total. The van der Waals surface area contributed by atoms with E-state index in [0.717, 1.165) is 22.4 Å². The maximum Gasteiger partial charge on any atom is 0.109 e. The molecule has 0 atom stereocenters. The van der Waals surface area contributed by atoms with Gasteiger partial charge in [0.2, 0.25) is 0 Å². The van der Waals surface area contributed by atoms with Crippen LogP contribution in [0.15, 0.2) is 23.4 Å². The number of fused-ring (bicyclic) bond motifs is 1. The first kappa shape index (κ1) is 10.7. The molecule has 1 heterocycles. The molecule has 4 nitrogen and oxygen atoms in total. The lowest BCUT2D eigenvalue weighted by molar-refractivity contribution is 0.215. The van der Waals surface area contributed by atoms with Crippen molar-refractivity contribution in [1.82, 2.24) is 9.97 Å². The summed E-state index contributed by atoms with van der Waals surface area (Å²) in [7, 11) is 1.53. The first-order chi connectivity index (χ1) is 7.72. The van der Waals surface area contributed by atoms with Crippen molar-refractivity contribution in [3.63, 3.8) is 0 Å². The molecule has 0 fully saturated rings. The number of para-hydroxylation sites is 1. The van der Waals surface area contributed by atoms with Gasteiger partial charge in [0, 0.05) is 11.5 Å². The largest absolute Gasteiger partial charge is 0.399 e. The van der Waals surface area contributed by atoms with Gasteiger partial charge >= 0.3 is 0 Å². The third-order valence-electron chi connectivity index (χ3n) is 2.41. The molecule has 0 unspecified atom stereocenters. The van der Waals surface area contributed by atoms with Gasteiger partial charge < -0.3 is 9.82 Å². The zero-order chi connectivity index (χ0) is 11.5. The van der Waals surface area contributed by atoms with E-state index in [1.165, 1.54) is 7.11 Å². The molecule has 16 heavy (non-hydrogen) atoms. The fourth-order valence-corrected chi connectivity index (χ4v) is 1.56. The first-order valence-corrected chi connectivity index (χ1v) is 5.27. The van der Waals surface area contributed by atoms with E-state index in [-0.39, 0.29) is 0 Å². The van der Waals surface area contributed by atoms with Crippen LogP contribution in [-0.4, -0.2) is 23.3 Å². The first-order valence-electron chi connectivity index (χ1n) is 5.27. The predicted octanol–water partition coefficient (Wildman–Crippen LogP) is 2.67. The molecule has 0 aliphatic heterocycles. The zero-order valence-electron chi connectivity index (χ0n) is 9.69. The third-order valence-corrected chi connectivity index (χ3v) is 2.41. The Morgan fingerprint density at radius 1 is 1.44 bits per heavy atom. The summed E-state index contributed by atoms with van der Waals surface area (Å²) in [6.45, 7) is 4.22. The van der Waals surface area contributed by atoms with Gasteiger partial charge in [0.05, 0.1) is 17.2 Å². The van der Waals surface area contributed by atoms with Crippen LogP contribution in [-0.2, 0) is 4.84 Å². The maximum absolute atomic E-state index is 4.68. The zero-order valence-corrected chi connectivity index (χ0v) is 9.69. The minimum atomic E-state index is 0.389. The van der Waals surface area contributed by atoms with Crippen molar-refractivity contribution in [2.45, 2.75) is 19.8 Å². The molecule has 1 aromatic heterocycles. The number of hydrogen-bond acceptors (Lipinski definition) is 3. The van der Waals surface area contributed by atoms with Crippen LogP contribution < -0.4 is 0 Å². The van der Waals surface area contributed by atoms with Gasteiger partial charge in [-0.15, -0.1) is 0 Å². The molecule has 0 aliphatic carbocycles. The fourth-order valence-electron chi connectivity index (χ4n) is 1.56. The molecule has 2 rings (SSSR count). The second-order valence-electron chi connectivity index (χ2n) is 3.94. The Morgan fingerprint density at radius 2 is 2.25 bits per heavy atom. The Bertz CT molecular complexity index is 514. The van der Waals surface area contributed by atoms with E-state index in [1.807, 2.05) is 18.2 Å². The van der Waals surface area contributed by atoms with E-state index < -0.39 is 0 Å². The van der Waals surface area contributed by atoms with Crippen molar-refractivity contribution >= 4 is 17.2 Å². The predicted molar refractivity (Wildman–Crippen MR) is 64.8 cm³/mol. The Labute approximate surface area is 94.3 Å². The monoisotopic (exact) mass is 217 g/mol. The maximum atomic E-state index is 4.68. The number of nitrogens with zero attached hydrogens (tertiary/aromatic N) is 2. The SMILES string of the molecule is CON=Cc1cccc2[nH]c(C(C)C)nc12. The van der Waals surface area contributed by atoms with E-state index in [0.29, 0.717) is 5.92 Å². The molecule has 0 amide bonds. The van der Waals surface area contributed by atoms with E-state index in [2.05, 4.69) is 33.8 Å². The van der Waals surface area contributed by atoms with Crippen LogP contribution in [0.25, 0.3) is 11.0 Å². The Kier molecular flexibility index (Phi) is 2.90. The average Bonchev–Trinajstić information content (AvgIpc) is 2.70. The van der Waals surface area contributed by atoms with Crippen molar-refractivity contribution in [3.05, 3.63) is 29.6 Å². The summed E-state index contributed by atoms with van der Waals surface area (Å²) in [6.07, 6.45) is 1.67. The summed E-state index contributed by atoms with van der Waals surface area (Å²) >= 11 is 0. The van der Waals surface area contributed by atoms with Crippen LogP contribution >= 0.6 is 0 Å². The fraction of sp³-hybridized carbons (Fsp3) is 0.333. The van der Waals surface area contributed by atoms with Gasteiger partial charge in [0.25, 0.3) is 0 Å². The van der Waals surface area contributed by atoms with E-state index >= 15 is 0 Å². The molecule has 0 aliphatic rings. The lowest BCUT2D eigenvalue weighted by atomic mass is 10.2. The number of H-pyrrole nitrogens is 1. The van der Waals surface area contributed by atoms with Gasteiger partial charge in [0.15, 0.2) is 0 Å². The summed E-state index contributed by atoms with van der Waals surface area (Å²) in [4.78, 5) is 12.5. The van der Waals surface area contributed by atoms with Gasteiger partial charge in [-0.3, -0.25) is 0 Å². The van der Waals surface area contributed by atoms with E-state index in [4.69, 9.17) is 0 Å². The van der Waals surface area contributed by atoms with Crippen molar-refractivity contribution in [1.29, 1.82) is 0 Å². The summed E-state index contributed by atoms with van der Waals surface area (Å²) in [5.74, 6) is 1.38. The lowest BCUT2D eigenvalue weighted by Gasteiger charge is -1.95. The Hall–Kier alpha value is -1.84. The van der Waals surface area contributed by atoms with E-state index in [1.54, 1.807) is 6.21 Å². The highest BCUT2D eigenvalue weighted by Crippen LogP contribution is 2.19. The van der Waals surface area contributed by atoms with Crippen LogP contribution in [0.1, 0.15) is 31.2 Å². The van der Waals surface area contributed by atoms with Gasteiger partial charge in [-0.25, -0.2) is 4.98 Å². The van der Waals surface area contributed by atoms with Crippen molar-refractivity contribution in [2.24, 2.45) is 5.16 Å². The van der Waals surface area contributed by atoms with Crippen LogP contribution in [0, 0.1) is 0 Å². The number of aromatic amines is 1. The minimum Gasteiger partial charge on any atom is -0.399 e. The summed E-state index contributed by atoms with van der Waals surface area (Å²) < 4.78 is 0. The number of aromatic nitrogens is 2. The third kappa shape index (κ3) is 1.91. The van der Waals surface area contributed by atoms with Crippen LogP contribution in [0.2, 0.25) is 0 Å². The Balaban J connectivity index is 2.54. The molecule has 84 valence electrons. The second-order valence-corrected chi connectivity index (χ2v) is 3.94. The van der Waals surface area contributed by atoms with Gasteiger partial charge in [0.1, 0.15) is 12.9 Å². The second kappa shape index (κ2) is 4.35. The number of benzene rings is 1. The summed E-state index contributed by atoms with van der Waals surface area (Å²) in [6, 6.07) is 5.95. The standard InChI is InChI=1S/C12H15N3O/c1-8(2)12-14-10-6-4-5-9(7-13-16-3)11(10)15-12/h4-8H,1-3H3,(H,14,15). The van der Waals surface area contributed by atoms with Crippen LogP contribution in [0.3, 0.4) is 0 Å². The summed E-state index contributed by atoms with van der Waals surface area (Å²) in [5.41, 5.74) is 2.93. The van der Waals surface area contributed by atoms with Gasteiger partial charge in [-0.1, -0.05) is 31.1 Å².